The summed E-state index contributed by atoms with van der Waals surface area (Å²) in [6, 6.07) is 22.6. The van der Waals surface area contributed by atoms with E-state index in [0.717, 1.165) is 0 Å². The van der Waals surface area contributed by atoms with Crippen LogP contribution in [0.4, 0.5) is 0 Å². The van der Waals surface area contributed by atoms with Gasteiger partial charge in [0.25, 0.3) is 0 Å². The molecule has 0 unspecified atom stereocenters. The van der Waals surface area contributed by atoms with Gasteiger partial charge in [-0.2, -0.15) is 0 Å². The molecular formula is C24H32. The monoisotopic (exact) mass is 320 g/mol. The standard InChI is InChI=1S/C24H32/c1-2-4-6-14-20-24(21-15-7-5-3-1,22-16-10-8-11-17-22)23-18-12-9-13-19-23/h8-13,16-19H,1-7,14-15,20-21H2. The van der Waals surface area contributed by atoms with Gasteiger partial charge >= 0.3 is 0 Å². The third-order valence-corrected chi connectivity index (χ3v) is 5.86. The van der Waals surface area contributed by atoms with Crippen LogP contribution in [0.5, 0.6) is 0 Å². The van der Waals surface area contributed by atoms with E-state index in [1.807, 2.05) is 0 Å². The number of rotatable bonds is 2. The van der Waals surface area contributed by atoms with Crippen molar-refractivity contribution in [3.8, 4) is 0 Å². The Hall–Kier alpha value is -1.56. The lowest BCUT2D eigenvalue weighted by Gasteiger charge is -2.36. The van der Waals surface area contributed by atoms with Crippen LogP contribution in [-0.2, 0) is 5.41 Å². The first kappa shape index (κ1) is 17.3. The molecule has 1 aliphatic rings. The first-order valence-corrected chi connectivity index (χ1v) is 10.0. The van der Waals surface area contributed by atoms with Crippen molar-refractivity contribution in [2.45, 2.75) is 76.0 Å². The Bertz CT molecular complexity index is 516. The van der Waals surface area contributed by atoms with Crippen LogP contribution in [-0.4, -0.2) is 0 Å². The maximum absolute atomic E-state index is 2.36. The molecule has 0 bridgehead atoms. The molecule has 0 amide bonds. The van der Waals surface area contributed by atoms with Crippen LogP contribution in [0.15, 0.2) is 60.7 Å². The number of benzene rings is 2. The molecule has 2 aromatic carbocycles. The highest BCUT2D eigenvalue weighted by atomic mass is 14.4. The average molecular weight is 321 g/mol. The van der Waals surface area contributed by atoms with Gasteiger partial charge in [0.1, 0.15) is 0 Å². The Labute approximate surface area is 148 Å². The SMILES string of the molecule is c1ccc(C2(c3ccccc3)CCCCCCCCCCC2)cc1. The van der Waals surface area contributed by atoms with Gasteiger partial charge in [-0.05, 0) is 24.0 Å². The molecule has 0 radical (unpaired) electrons. The van der Waals surface area contributed by atoms with E-state index in [1.165, 1.54) is 81.8 Å². The minimum absolute atomic E-state index is 0.210. The summed E-state index contributed by atoms with van der Waals surface area (Å²) in [4.78, 5) is 0. The van der Waals surface area contributed by atoms with Crippen LogP contribution in [0, 0.1) is 0 Å². The topological polar surface area (TPSA) is 0 Å². The molecule has 0 N–H and O–H groups in total. The highest BCUT2D eigenvalue weighted by Crippen LogP contribution is 2.42. The second-order valence-electron chi connectivity index (χ2n) is 7.50. The summed E-state index contributed by atoms with van der Waals surface area (Å²) in [5.41, 5.74) is 3.25. The zero-order valence-corrected chi connectivity index (χ0v) is 15.1. The van der Waals surface area contributed by atoms with Gasteiger partial charge in [0.2, 0.25) is 0 Å². The molecule has 3 rings (SSSR count). The Balaban J connectivity index is 1.93. The van der Waals surface area contributed by atoms with E-state index in [4.69, 9.17) is 0 Å². The zero-order chi connectivity index (χ0) is 16.5. The molecule has 0 saturated heterocycles. The molecular weight excluding hydrogens is 288 g/mol. The molecule has 0 atom stereocenters. The fourth-order valence-corrected chi connectivity index (χ4v) is 4.47. The summed E-state index contributed by atoms with van der Waals surface area (Å²) >= 11 is 0. The highest BCUT2D eigenvalue weighted by molar-refractivity contribution is 5.39. The molecule has 0 aromatic heterocycles. The van der Waals surface area contributed by atoms with Gasteiger partial charge in [-0.25, -0.2) is 0 Å². The van der Waals surface area contributed by atoms with E-state index in [2.05, 4.69) is 60.7 Å². The van der Waals surface area contributed by atoms with E-state index < -0.39 is 0 Å². The summed E-state index contributed by atoms with van der Waals surface area (Å²) in [6.45, 7) is 0. The van der Waals surface area contributed by atoms with Crippen molar-refractivity contribution in [3.63, 3.8) is 0 Å². The van der Waals surface area contributed by atoms with Crippen LogP contribution in [0.1, 0.15) is 81.8 Å². The fourth-order valence-electron chi connectivity index (χ4n) is 4.47. The molecule has 0 nitrogen and oxygen atoms in total. The van der Waals surface area contributed by atoms with Crippen LogP contribution in [0.2, 0.25) is 0 Å². The van der Waals surface area contributed by atoms with Gasteiger partial charge < -0.3 is 0 Å². The number of hydrogen-bond donors (Lipinski definition) is 0. The molecule has 128 valence electrons. The van der Waals surface area contributed by atoms with Gasteiger partial charge in [0.15, 0.2) is 0 Å². The molecule has 0 spiro atoms. The lowest BCUT2D eigenvalue weighted by molar-refractivity contribution is 0.383. The maximum atomic E-state index is 2.36. The first-order chi connectivity index (χ1) is 11.9. The second kappa shape index (κ2) is 9.06. The van der Waals surface area contributed by atoms with Crippen molar-refractivity contribution in [1.29, 1.82) is 0 Å². The van der Waals surface area contributed by atoms with Crippen LogP contribution < -0.4 is 0 Å². The van der Waals surface area contributed by atoms with E-state index in [-0.39, 0.29) is 5.41 Å². The third kappa shape index (κ3) is 4.29. The summed E-state index contributed by atoms with van der Waals surface area (Å²) in [5, 5.41) is 0. The molecule has 24 heavy (non-hydrogen) atoms. The Morgan fingerprint density at radius 3 is 1.12 bits per heavy atom. The Morgan fingerprint density at radius 1 is 0.417 bits per heavy atom. The predicted molar refractivity (Wildman–Crippen MR) is 104 cm³/mol. The summed E-state index contributed by atoms with van der Waals surface area (Å²) in [6.07, 6.45) is 15.2. The van der Waals surface area contributed by atoms with Crippen LogP contribution in [0.3, 0.4) is 0 Å². The highest BCUT2D eigenvalue weighted by Gasteiger charge is 2.33. The summed E-state index contributed by atoms with van der Waals surface area (Å²) in [5.74, 6) is 0. The van der Waals surface area contributed by atoms with E-state index in [9.17, 15) is 0 Å². The summed E-state index contributed by atoms with van der Waals surface area (Å²) < 4.78 is 0. The molecule has 0 aliphatic heterocycles. The summed E-state index contributed by atoms with van der Waals surface area (Å²) in [7, 11) is 0. The van der Waals surface area contributed by atoms with Crippen molar-refractivity contribution in [3.05, 3.63) is 71.8 Å². The molecule has 1 fully saturated rings. The predicted octanol–water partition coefficient (Wildman–Crippen LogP) is 7.28. The normalized spacial score (nSPS) is 19.8. The van der Waals surface area contributed by atoms with Gasteiger partial charge in [0, 0.05) is 5.41 Å². The fraction of sp³-hybridized carbons (Fsp3) is 0.500. The van der Waals surface area contributed by atoms with E-state index >= 15 is 0 Å². The lowest BCUT2D eigenvalue weighted by Crippen LogP contribution is -2.28. The maximum Gasteiger partial charge on any atom is 0.0202 e. The zero-order valence-electron chi connectivity index (χ0n) is 15.1. The van der Waals surface area contributed by atoms with Crippen LogP contribution >= 0.6 is 0 Å². The molecule has 0 heterocycles. The Kier molecular flexibility index (Phi) is 6.52. The quantitative estimate of drug-likeness (QED) is 0.545. The van der Waals surface area contributed by atoms with Crippen molar-refractivity contribution in [2.24, 2.45) is 0 Å². The van der Waals surface area contributed by atoms with Crippen molar-refractivity contribution in [1.82, 2.24) is 0 Å². The van der Waals surface area contributed by atoms with Crippen molar-refractivity contribution < 1.29 is 0 Å². The number of hydrogen-bond acceptors (Lipinski definition) is 0. The van der Waals surface area contributed by atoms with Gasteiger partial charge in [-0.15, -0.1) is 0 Å². The molecule has 1 saturated carbocycles. The molecule has 1 aliphatic carbocycles. The first-order valence-electron chi connectivity index (χ1n) is 10.0. The Morgan fingerprint density at radius 2 is 0.750 bits per heavy atom. The second-order valence-corrected chi connectivity index (χ2v) is 7.50. The largest absolute Gasteiger partial charge is 0.0622 e. The van der Waals surface area contributed by atoms with Gasteiger partial charge in [-0.1, -0.05) is 118 Å². The smallest absolute Gasteiger partial charge is 0.0202 e. The van der Waals surface area contributed by atoms with Gasteiger partial charge in [-0.3, -0.25) is 0 Å². The lowest BCUT2D eigenvalue weighted by atomic mass is 9.68. The van der Waals surface area contributed by atoms with E-state index in [0.29, 0.717) is 0 Å². The molecule has 2 aromatic rings. The average Bonchev–Trinajstić information content (AvgIpc) is 2.64. The third-order valence-electron chi connectivity index (χ3n) is 5.86. The van der Waals surface area contributed by atoms with Crippen molar-refractivity contribution >= 4 is 0 Å². The van der Waals surface area contributed by atoms with E-state index in [1.54, 1.807) is 0 Å². The van der Waals surface area contributed by atoms with Gasteiger partial charge in [0.05, 0.1) is 0 Å². The van der Waals surface area contributed by atoms with Crippen molar-refractivity contribution in [2.75, 3.05) is 0 Å². The minimum Gasteiger partial charge on any atom is -0.0622 e. The minimum atomic E-state index is 0.210. The van der Waals surface area contributed by atoms with Crippen LogP contribution in [0.25, 0.3) is 0 Å². The molecule has 0 heteroatoms.